The predicted octanol–water partition coefficient (Wildman–Crippen LogP) is 3.90. The molecule has 0 heterocycles. The molecule has 0 aliphatic rings. The topological polar surface area (TPSA) is 41.3 Å². The van der Waals surface area contributed by atoms with Crippen LogP contribution in [0.3, 0.4) is 0 Å². The molecule has 112 valence electrons. The first-order valence-electron chi connectivity index (χ1n) is 7.58. The zero-order chi connectivity index (χ0) is 15.2. The van der Waals surface area contributed by atoms with Crippen molar-refractivity contribution in [2.45, 2.75) is 26.8 Å². The van der Waals surface area contributed by atoms with E-state index >= 15 is 0 Å². The summed E-state index contributed by atoms with van der Waals surface area (Å²) in [6, 6.07) is 14.8. The lowest BCUT2D eigenvalue weighted by Gasteiger charge is -2.27. The fourth-order valence-electron chi connectivity index (χ4n) is 2.62. The highest BCUT2D eigenvalue weighted by Gasteiger charge is 2.12. The third-order valence-electron chi connectivity index (χ3n) is 3.84. The number of rotatable bonds is 6. The standard InChI is InChI=1S/C18H25N3/c1-4-15-11-16(19)17(20-3)12-18(15)21(5-2)13-14-9-7-6-8-10-14/h6-12,20H,4-5,13,19H2,1-3H3. The van der Waals surface area contributed by atoms with Crippen molar-refractivity contribution in [3.05, 3.63) is 53.6 Å². The second kappa shape index (κ2) is 7.02. The van der Waals surface area contributed by atoms with Gasteiger partial charge in [0.25, 0.3) is 0 Å². The summed E-state index contributed by atoms with van der Waals surface area (Å²) in [6.07, 6.45) is 0.981. The summed E-state index contributed by atoms with van der Waals surface area (Å²) < 4.78 is 0. The van der Waals surface area contributed by atoms with Gasteiger partial charge < -0.3 is 16.0 Å². The van der Waals surface area contributed by atoms with Crippen molar-refractivity contribution >= 4 is 17.1 Å². The summed E-state index contributed by atoms with van der Waals surface area (Å²) in [5.41, 5.74) is 11.8. The Morgan fingerprint density at radius 1 is 1.10 bits per heavy atom. The van der Waals surface area contributed by atoms with Gasteiger partial charge in [0.2, 0.25) is 0 Å². The Morgan fingerprint density at radius 2 is 1.81 bits per heavy atom. The monoisotopic (exact) mass is 283 g/mol. The molecule has 0 saturated heterocycles. The SMILES string of the molecule is CCc1cc(N)c(NC)cc1N(CC)Cc1ccccc1. The summed E-state index contributed by atoms with van der Waals surface area (Å²) >= 11 is 0. The molecule has 0 radical (unpaired) electrons. The predicted molar refractivity (Wildman–Crippen MR) is 92.9 cm³/mol. The molecule has 0 saturated carbocycles. The quantitative estimate of drug-likeness (QED) is 0.790. The van der Waals surface area contributed by atoms with E-state index in [1.54, 1.807) is 0 Å². The lowest BCUT2D eigenvalue weighted by molar-refractivity contribution is 0.824. The largest absolute Gasteiger partial charge is 0.397 e. The van der Waals surface area contributed by atoms with Gasteiger partial charge in [-0.25, -0.2) is 0 Å². The van der Waals surface area contributed by atoms with Gasteiger partial charge in [0.05, 0.1) is 11.4 Å². The minimum atomic E-state index is 0.814. The fourth-order valence-corrected chi connectivity index (χ4v) is 2.62. The molecule has 0 bridgehead atoms. The van der Waals surface area contributed by atoms with Crippen LogP contribution in [-0.4, -0.2) is 13.6 Å². The zero-order valence-corrected chi connectivity index (χ0v) is 13.2. The Bertz CT molecular complexity index is 579. The molecule has 0 fully saturated rings. The van der Waals surface area contributed by atoms with Crippen molar-refractivity contribution in [1.29, 1.82) is 0 Å². The number of hydrogen-bond donors (Lipinski definition) is 2. The molecule has 0 atom stereocenters. The van der Waals surface area contributed by atoms with Gasteiger partial charge in [0, 0.05) is 25.8 Å². The average molecular weight is 283 g/mol. The van der Waals surface area contributed by atoms with Gasteiger partial charge in [-0.15, -0.1) is 0 Å². The maximum Gasteiger partial charge on any atom is 0.0592 e. The normalized spacial score (nSPS) is 10.4. The van der Waals surface area contributed by atoms with Gasteiger partial charge in [-0.2, -0.15) is 0 Å². The smallest absolute Gasteiger partial charge is 0.0592 e. The number of benzene rings is 2. The minimum Gasteiger partial charge on any atom is -0.397 e. The number of nitrogens with zero attached hydrogens (tertiary/aromatic N) is 1. The molecule has 0 amide bonds. The van der Waals surface area contributed by atoms with Gasteiger partial charge >= 0.3 is 0 Å². The zero-order valence-electron chi connectivity index (χ0n) is 13.2. The molecule has 0 unspecified atom stereocenters. The van der Waals surface area contributed by atoms with Crippen molar-refractivity contribution < 1.29 is 0 Å². The van der Waals surface area contributed by atoms with Crippen molar-refractivity contribution in [3.8, 4) is 0 Å². The van der Waals surface area contributed by atoms with Crippen molar-refractivity contribution in [2.24, 2.45) is 0 Å². The molecule has 0 aliphatic heterocycles. The highest BCUT2D eigenvalue weighted by atomic mass is 15.1. The highest BCUT2D eigenvalue weighted by Crippen LogP contribution is 2.31. The second-order valence-corrected chi connectivity index (χ2v) is 5.17. The summed E-state index contributed by atoms with van der Waals surface area (Å²) in [4.78, 5) is 2.40. The van der Waals surface area contributed by atoms with Crippen LogP contribution in [0, 0.1) is 0 Å². The van der Waals surface area contributed by atoms with Crippen LogP contribution in [-0.2, 0) is 13.0 Å². The van der Waals surface area contributed by atoms with Crippen LogP contribution < -0.4 is 16.0 Å². The maximum atomic E-state index is 6.09. The van der Waals surface area contributed by atoms with Gasteiger partial charge in [-0.05, 0) is 36.6 Å². The fraction of sp³-hybridized carbons (Fsp3) is 0.333. The molecule has 2 aromatic rings. The molecule has 21 heavy (non-hydrogen) atoms. The van der Waals surface area contributed by atoms with Gasteiger partial charge in [-0.3, -0.25) is 0 Å². The molecule has 2 rings (SSSR count). The van der Waals surface area contributed by atoms with E-state index in [1.807, 2.05) is 7.05 Å². The van der Waals surface area contributed by atoms with E-state index in [-0.39, 0.29) is 0 Å². The number of nitrogens with one attached hydrogen (secondary N) is 1. The van der Waals surface area contributed by atoms with Crippen LogP contribution in [0.2, 0.25) is 0 Å². The summed E-state index contributed by atoms with van der Waals surface area (Å²) in [5.74, 6) is 0. The number of hydrogen-bond acceptors (Lipinski definition) is 3. The maximum absolute atomic E-state index is 6.09. The Morgan fingerprint density at radius 3 is 2.38 bits per heavy atom. The first kappa shape index (κ1) is 15.2. The van der Waals surface area contributed by atoms with Gasteiger partial charge in [-0.1, -0.05) is 37.3 Å². The minimum absolute atomic E-state index is 0.814. The second-order valence-electron chi connectivity index (χ2n) is 5.17. The van der Waals surface area contributed by atoms with Gasteiger partial charge in [0.1, 0.15) is 0 Å². The summed E-state index contributed by atoms with van der Waals surface area (Å²) in [6.45, 7) is 6.25. The van der Waals surface area contributed by atoms with Crippen LogP contribution in [0.4, 0.5) is 17.1 Å². The van der Waals surface area contributed by atoms with Crippen molar-refractivity contribution in [3.63, 3.8) is 0 Å². The Balaban J connectivity index is 2.36. The lowest BCUT2D eigenvalue weighted by atomic mass is 10.1. The van der Waals surface area contributed by atoms with E-state index in [4.69, 9.17) is 5.73 Å². The first-order valence-corrected chi connectivity index (χ1v) is 7.58. The van der Waals surface area contributed by atoms with Crippen LogP contribution in [0.5, 0.6) is 0 Å². The van der Waals surface area contributed by atoms with Crippen LogP contribution in [0.25, 0.3) is 0 Å². The van der Waals surface area contributed by atoms with E-state index in [9.17, 15) is 0 Å². The summed E-state index contributed by atoms with van der Waals surface area (Å²) in [5, 5.41) is 3.18. The Labute approximate surface area is 127 Å². The molecular weight excluding hydrogens is 258 g/mol. The van der Waals surface area contributed by atoms with E-state index in [2.05, 4.69) is 66.5 Å². The number of aryl methyl sites for hydroxylation is 1. The van der Waals surface area contributed by atoms with Crippen molar-refractivity contribution in [1.82, 2.24) is 0 Å². The lowest BCUT2D eigenvalue weighted by Crippen LogP contribution is -2.23. The van der Waals surface area contributed by atoms with E-state index < -0.39 is 0 Å². The van der Waals surface area contributed by atoms with E-state index in [0.717, 1.165) is 30.9 Å². The molecule has 0 aliphatic carbocycles. The number of anilines is 3. The number of nitrogens with two attached hydrogens (primary N) is 1. The third kappa shape index (κ3) is 3.48. The molecule has 3 heteroatoms. The summed E-state index contributed by atoms with van der Waals surface area (Å²) in [7, 11) is 1.91. The Hall–Kier alpha value is -2.16. The van der Waals surface area contributed by atoms with Crippen LogP contribution in [0.15, 0.2) is 42.5 Å². The van der Waals surface area contributed by atoms with Crippen LogP contribution in [0.1, 0.15) is 25.0 Å². The first-order chi connectivity index (χ1) is 10.2. The number of nitrogen functional groups attached to an aromatic ring is 1. The Kier molecular flexibility index (Phi) is 5.09. The third-order valence-corrected chi connectivity index (χ3v) is 3.84. The molecule has 3 nitrogen and oxygen atoms in total. The van der Waals surface area contributed by atoms with E-state index in [1.165, 1.54) is 16.8 Å². The molecule has 0 aromatic heterocycles. The highest BCUT2D eigenvalue weighted by molar-refractivity contribution is 5.75. The van der Waals surface area contributed by atoms with Crippen molar-refractivity contribution in [2.75, 3.05) is 29.5 Å². The van der Waals surface area contributed by atoms with Gasteiger partial charge in [0.15, 0.2) is 0 Å². The molecular formula is C18H25N3. The molecule has 0 spiro atoms. The van der Waals surface area contributed by atoms with E-state index in [0.29, 0.717) is 0 Å². The van der Waals surface area contributed by atoms with Crippen LogP contribution >= 0.6 is 0 Å². The molecule has 3 N–H and O–H groups in total. The molecule has 2 aromatic carbocycles. The average Bonchev–Trinajstić information content (AvgIpc) is 2.53.